The van der Waals surface area contributed by atoms with Crippen molar-refractivity contribution in [2.75, 3.05) is 13.6 Å². The van der Waals surface area contributed by atoms with E-state index in [9.17, 15) is 9.90 Å². The number of nitrogens with zero attached hydrogens (tertiary/aromatic N) is 1. The number of hydrogen-bond donors (Lipinski definition) is 1. The van der Waals surface area contributed by atoms with E-state index in [2.05, 4.69) is 11.9 Å². The molecule has 110 valence electrons. The SMILES string of the molecule is CN(CC1CCCCC1)C(CC(=O)O)c1ccccc1. The van der Waals surface area contributed by atoms with Crippen molar-refractivity contribution < 1.29 is 9.90 Å². The van der Waals surface area contributed by atoms with Crippen LogP contribution >= 0.6 is 0 Å². The van der Waals surface area contributed by atoms with Gasteiger partial charge in [0.2, 0.25) is 0 Å². The van der Waals surface area contributed by atoms with Gasteiger partial charge in [-0.15, -0.1) is 0 Å². The summed E-state index contributed by atoms with van der Waals surface area (Å²) < 4.78 is 0. The Kier molecular flexibility index (Phi) is 5.60. The molecule has 1 atom stereocenters. The first-order chi connectivity index (χ1) is 9.66. The molecule has 0 heterocycles. The van der Waals surface area contributed by atoms with E-state index in [4.69, 9.17) is 0 Å². The van der Waals surface area contributed by atoms with Crippen LogP contribution in [0.5, 0.6) is 0 Å². The number of carbonyl (C=O) groups is 1. The lowest BCUT2D eigenvalue weighted by Gasteiger charge is -2.32. The Morgan fingerprint density at radius 2 is 1.90 bits per heavy atom. The van der Waals surface area contributed by atoms with Gasteiger partial charge >= 0.3 is 5.97 Å². The van der Waals surface area contributed by atoms with Crippen molar-refractivity contribution in [1.29, 1.82) is 0 Å². The Hall–Kier alpha value is -1.35. The molecule has 1 fully saturated rings. The molecule has 0 aliphatic heterocycles. The number of aliphatic carboxylic acids is 1. The van der Waals surface area contributed by atoms with Crippen molar-refractivity contribution in [3.63, 3.8) is 0 Å². The maximum absolute atomic E-state index is 11.2. The van der Waals surface area contributed by atoms with Gasteiger partial charge in [0.25, 0.3) is 0 Å². The fourth-order valence-electron chi connectivity index (χ4n) is 3.27. The molecule has 20 heavy (non-hydrogen) atoms. The normalized spacial score (nSPS) is 18.1. The molecule has 1 saturated carbocycles. The predicted molar refractivity (Wildman–Crippen MR) is 80.6 cm³/mol. The molecule has 0 spiro atoms. The van der Waals surface area contributed by atoms with Gasteiger partial charge in [0.1, 0.15) is 0 Å². The molecule has 1 aliphatic rings. The van der Waals surface area contributed by atoms with E-state index in [1.807, 2.05) is 30.3 Å². The molecule has 1 N–H and O–H groups in total. The minimum atomic E-state index is -0.727. The van der Waals surface area contributed by atoms with E-state index in [1.165, 1.54) is 32.1 Å². The second kappa shape index (κ2) is 7.44. The Morgan fingerprint density at radius 3 is 2.50 bits per heavy atom. The van der Waals surface area contributed by atoms with Crippen LogP contribution in [0.1, 0.15) is 50.1 Å². The monoisotopic (exact) mass is 275 g/mol. The lowest BCUT2D eigenvalue weighted by Crippen LogP contribution is -2.32. The summed E-state index contributed by atoms with van der Waals surface area (Å²) in [5.41, 5.74) is 1.10. The highest BCUT2D eigenvalue weighted by atomic mass is 16.4. The first-order valence-corrected chi connectivity index (χ1v) is 7.64. The second-order valence-electron chi connectivity index (χ2n) is 5.97. The third kappa shape index (κ3) is 4.34. The summed E-state index contributed by atoms with van der Waals surface area (Å²) >= 11 is 0. The lowest BCUT2D eigenvalue weighted by atomic mass is 9.88. The number of benzene rings is 1. The maximum atomic E-state index is 11.2. The van der Waals surface area contributed by atoms with E-state index < -0.39 is 5.97 Å². The van der Waals surface area contributed by atoms with Crippen LogP contribution in [0.3, 0.4) is 0 Å². The maximum Gasteiger partial charge on any atom is 0.305 e. The zero-order chi connectivity index (χ0) is 14.4. The zero-order valence-corrected chi connectivity index (χ0v) is 12.3. The number of hydrogen-bond acceptors (Lipinski definition) is 2. The van der Waals surface area contributed by atoms with Gasteiger partial charge in [-0.1, -0.05) is 49.6 Å². The average molecular weight is 275 g/mol. The van der Waals surface area contributed by atoms with Crippen molar-refractivity contribution in [1.82, 2.24) is 4.90 Å². The molecule has 1 aromatic carbocycles. The van der Waals surface area contributed by atoms with E-state index >= 15 is 0 Å². The number of carboxylic acids is 1. The van der Waals surface area contributed by atoms with Crippen molar-refractivity contribution >= 4 is 5.97 Å². The summed E-state index contributed by atoms with van der Waals surface area (Å²) in [5.74, 6) is 0.00287. The Balaban J connectivity index is 2.03. The van der Waals surface area contributed by atoms with Crippen LogP contribution in [-0.2, 0) is 4.79 Å². The highest BCUT2D eigenvalue weighted by Crippen LogP contribution is 2.29. The van der Waals surface area contributed by atoms with Gasteiger partial charge in [-0.3, -0.25) is 9.69 Å². The number of rotatable bonds is 6. The van der Waals surface area contributed by atoms with E-state index in [-0.39, 0.29) is 12.5 Å². The lowest BCUT2D eigenvalue weighted by molar-refractivity contribution is -0.138. The second-order valence-corrected chi connectivity index (χ2v) is 5.97. The first kappa shape index (κ1) is 15.0. The first-order valence-electron chi connectivity index (χ1n) is 7.64. The highest BCUT2D eigenvalue weighted by molar-refractivity contribution is 5.67. The molecule has 0 amide bonds. The molecule has 0 aromatic heterocycles. The van der Waals surface area contributed by atoms with Gasteiger partial charge < -0.3 is 5.11 Å². The van der Waals surface area contributed by atoms with Crippen LogP contribution in [0.2, 0.25) is 0 Å². The van der Waals surface area contributed by atoms with Crippen LogP contribution in [0.15, 0.2) is 30.3 Å². The third-order valence-corrected chi connectivity index (χ3v) is 4.36. The van der Waals surface area contributed by atoms with Crippen molar-refractivity contribution in [2.24, 2.45) is 5.92 Å². The fourth-order valence-corrected chi connectivity index (χ4v) is 3.27. The fraction of sp³-hybridized carbons (Fsp3) is 0.588. The number of carboxylic acid groups (broad SMARTS) is 1. The standard InChI is InChI=1S/C17H25NO2/c1-18(13-14-8-4-2-5-9-14)16(12-17(19)20)15-10-6-3-7-11-15/h3,6-7,10-11,14,16H,2,4-5,8-9,12-13H2,1H3,(H,19,20). The van der Waals surface area contributed by atoms with Crippen LogP contribution in [0, 0.1) is 5.92 Å². The molecule has 3 heteroatoms. The minimum absolute atomic E-state index is 0.0179. The van der Waals surface area contributed by atoms with Gasteiger partial charge in [-0.05, 0) is 31.4 Å². The Labute approximate surface area is 121 Å². The minimum Gasteiger partial charge on any atom is -0.481 e. The summed E-state index contributed by atoms with van der Waals surface area (Å²) in [6.45, 7) is 1.01. The van der Waals surface area contributed by atoms with E-state index in [0.29, 0.717) is 0 Å². The third-order valence-electron chi connectivity index (χ3n) is 4.36. The Bertz CT molecular complexity index is 412. The van der Waals surface area contributed by atoms with Crippen LogP contribution in [0.25, 0.3) is 0 Å². The molecule has 0 radical (unpaired) electrons. The van der Waals surface area contributed by atoms with Gasteiger partial charge in [0.15, 0.2) is 0 Å². The summed E-state index contributed by atoms with van der Waals surface area (Å²) in [5, 5.41) is 9.17. The zero-order valence-electron chi connectivity index (χ0n) is 12.3. The van der Waals surface area contributed by atoms with Gasteiger partial charge in [-0.2, -0.15) is 0 Å². The van der Waals surface area contributed by atoms with Crippen molar-refractivity contribution in [3.05, 3.63) is 35.9 Å². The molecular weight excluding hydrogens is 250 g/mol. The highest BCUT2D eigenvalue weighted by Gasteiger charge is 2.23. The summed E-state index contributed by atoms with van der Waals surface area (Å²) in [7, 11) is 2.06. The summed E-state index contributed by atoms with van der Waals surface area (Å²) in [6.07, 6.45) is 6.77. The summed E-state index contributed by atoms with van der Waals surface area (Å²) in [6, 6.07) is 9.99. The topological polar surface area (TPSA) is 40.5 Å². The van der Waals surface area contributed by atoms with Crippen LogP contribution in [-0.4, -0.2) is 29.6 Å². The van der Waals surface area contributed by atoms with E-state index in [1.54, 1.807) is 0 Å². The van der Waals surface area contributed by atoms with Crippen LogP contribution in [0.4, 0.5) is 0 Å². The molecule has 2 rings (SSSR count). The molecule has 0 saturated heterocycles. The molecular formula is C17H25NO2. The largest absolute Gasteiger partial charge is 0.481 e. The van der Waals surface area contributed by atoms with E-state index in [0.717, 1.165) is 18.0 Å². The van der Waals surface area contributed by atoms with Crippen molar-refractivity contribution in [3.8, 4) is 0 Å². The molecule has 1 aliphatic carbocycles. The van der Waals surface area contributed by atoms with Gasteiger partial charge in [0.05, 0.1) is 6.42 Å². The van der Waals surface area contributed by atoms with Gasteiger partial charge in [0, 0.05) is 12.6 Å². The molecule has 0 bridgehead atoms. The molecule has 3 nitrogen and oxygen atoms in total. The quantitative estimate of drug-likeness (QED) is 0.860. The Morgan fingerprint density at radius 1 is 1.25 bits per heavy atom. The molecule has 1 unspecified atom stereocenters. The smallest absolute Gasteiger partial charge is 0.305 e. The van der Waals surface area contributed by atoms with Gasteiger partial charge in [-0.25, -0.2) is 0 Å². The average Bonchev–Trinajstić information content (AvgIpc) is 2.46. The summed E-state index contributed by atoms with van der Waals surface area (Å²) in [4.78, 5) is 13.4. The van der Waals surface area contributed by atoms with Crippen molar-refractivity contribution in [2.45, 2.75) is 44.6 Å². The predicted octanol–water partition coefficient (Wildman–Crippen LogP) is 3.71. The van der Waals surface area contributed by atoms with Crippen LogP contribution < -0.4 is 0 Å². The molecule has 1 aromatic rings.